The zero-order valence-electron chi connectivity index (χ0n) is 9.12. The highest BCUT2D eigenvalue weighted by Gasteiger charge is 2.11. The van der Waals surface area contributed by atoms with E-state index in [0.29, 0.717) is 6.04 Å². The average Bonchev–Trinajstić information content (AvgIpc) is 2.71. The van der Waals surface area contributed by atoms with E-state index in [1.165, 1.54) is 30.7 Å². The molecule has 1 aromatic heterocycles. The number of thiazole rings is 1. The Hall–Kier alpha value is -0.410. The summed E-state index contributed by atoms with van der Waals surface area (Å²) in [6, 6.07) is 0.481. The van der Waals surface area contributed by atoms with Gasteiger partial charge in [-0.15, -0.1) is 11.3 Å². The smallest absolute Gasteiger partial charge is 0.109 e. The van der Waals surface area contributed by atoms with Crippen LogP contribution in [0.3, 0.4) is 0 Å². The van der Waals surface area contributed by atoms with Crippen molar-refractivity contribution in [1.82, 2.24) is 10.3 Å². The summed E-state index contributed by atoms with van der Waals surface area (Å²) in [5, 5.41) is 6.85. The number of nitrogens with zero attached hydrogens (tertiary/aromatic N) is 1. The molecule has 80 valence electrons. The summed E-state index contributed by atoms with van der Waals surface area (Å²) < 4.78 is 0. The van der Waals surface area contributed by atoms with Gasteiger partial charge in [0.25, 0.3) is 0 Å². The van der Waals surface area contributed by atoms with E-state index in [1.807, 2.05) is 6.20 Å². The van der Waals surface area contributed by atoms with Gasteiger partial charge in [0, 0.05) is 11.6 Å². The highest BCUT2D eigenvalue weighted by atomic mass is 32.1. The fourth-order valence-electron chi connectivity index (χ4n) is 1.45. The van der Waals surface area contributed by atoms with Crippen molar-refractivity contribution in [3.63, 3.8) is 0 Å². The second-order valence-corrected chi connectivity index (χ2v) is 4.45. The summed E-state index contributed by atoms with van der Waals surface area (Å²) in [6.45, 7) is 5.53. The molecule has 0 bridgehead atoms. The standard InChI is InChI=1S/C11H20N2S/c1-3-5-6-10(12-7-4-2)11-13-8-9-14-11/h8-10,12H,3-7H2,1-2H3. The second kappa shape index (κ2) is 6.96. The van der Waals surface area contributed by atoms with Crippen LogP contribution in [-0.2, 0) is 0 Å². The van der Waals surface area contributed by atoms with Crippen molar-refractivity contribution in [2.24, 2.45) is 0 Å². The summed E-state index contributed by atoms with van der Waals surface area (Å²) in [5.41, 5.74) is 0. The number of aromatic nitrogens is 1. The van der Waals surface area contributed by atoms with Gasteiger partial charge in [-0.2, -0.15) is 0 Å². The van der Waals surface area contributed by atoms with Crippen molar-refractivity contribution < 1.29 is 0 Å². The maximum Gasteiger partial charge on any atom is 0.109 e. The lowest BCUT2D eigenvalue weighted by Gasteiger charge is -2.15. The Morgan fingerprint density at radius 1 is 1.43 bits per heavy atom. The first-order valence-electron chi connectivity index (χ1n) is 5.51. The predicted molar refractivity (Wildman–Crippen MR) is 62.7 cm³/mol. The van der Waals surface area contributed by atoms with Crippen LogP contribution in [0.1, 0.15) is 50.6 Å². The molecule has 1 N–H and O–H groups in total. The molecule has 1 unspecified atom stereocenters. The van der Waals surface area contributed by atoms with Crippen LogP contribution in [-0.4, -0.2) is 11.5 Å². The maximum absolute atomic E-state index is 4.38. The van der Waals surface area contributed by atoms with Gasteiger partial charge in [0.2, 0.25) is 0 Å². The van der Waals surface area contributed by atoms with Gasteiger partial charge in [0.15, 0.2) is 0 Å². The topological polar surface area (TPSA) is 24.9 Å². The van der Waals surface area contributed by atoms with Crippen LogP contribution in [0, 0.1) is 0 Å². The van der Waals surface area contributed by atoms with Gasteiger partial charge >= 0.3 is 0 Å². The molecule has 1 rings (SSSR count). The first-order valence-corrected chi connectivity index (χ1v) is 6.39. The Morgan fingerprint density at radius 2 is 2.29 bits per heavy atom. The minimum Gasteiger partial charge on any atom is -0.308 e. The van der Waals surface area contributed by atoms with E-state index in [0.717, 1.165) is 6.54 Å². The Morgan fingerprint density at radius 3 is 2.86 bits per heavy atom. The van der Waals surface area contributed by atoms with Gasteiger partial charge in [0.1, 0.15) is 5.01 Å². The molecule has 0 saturated heterocycles. The predicted octanol–water partition coefficient (Wildman–Crippen LogP) is 3.37. The Labute approximate surface area is 90.8 Å². The fraction of sp³-hybridized carbons (Fsp3) is 0.727. The molecule has 0 fully saturated rings. The third-order valence-corrected chi connectivity index (χ3v) is 3.13. The van der Waals surface area contributed by atoms with Crippen molar-refractivity contribution in [2.75, 3.05) is 6.54 Å². The quantitative estimate of drug-likeness (QED) is 0.749. The van der Waals surface area contributed by atoms with Gasteiger partial charge in [-0.1, -0.05) is 26.7 Å². The second-order valence-electron chi connectivity index (χ2n) is 3.52. The molecule has 0 aliphatic carbocycles. The highest BCUT2D eigenvalue weighted by molar-refractivity contribution is 7.09. The van der Waals surface area contributed by atoms with Gasteiger partial charge in [-0.3, -0.25) is 0 Å². The van der Waals surface area contributed by atoms with E-state index in [-0.39, 0.29) is 0 Å². The van der Waals surface area contributed by atoms with Gasteiger partial charge in [0.05, 0.1) is 6.04 Å². The summed E-state index contributed by atoms with van der Waals surface area (Å²) in [7, 11) is 0. The van der Waals surface area contributed by atoms with Gasteiger partial charge in [-0.05, 0) is 19.4 Å². The molecule has 1 atom stereocenters. The van der Waals surface area contributed by atoms with Crippen molar-refractivity contribution in [3.05, 3.63) is 16.6 Å². The number of hydrogen-bond donors (Lipinski definition) is 1. The first kappa shape index (κ1) is 11.7. The molecule has 0 aliphatic heterocycles. The summed E-state index contributed by atoms with van der Waals surface area (Å²) in [4.78, 5) is 4.38. The van der Waals surface area contributed by atoms with Crippen LogP contribution < -0.4 is 5.32 Å². The number of nitrogens with one attached hydrogen (secondary N) is 1. The normalized spacial score (nSPS) is 13.0. The lowest BCUT2D eigenvalue weighted by atomic mass is 10.1. The van der Waals surface area contributed by atoms with Crippen molar-refractivity contribution >= 4 is 11.3 Å². The molecule has 0 amide bonds. The molecule has 1 heterocycles. The van der Waals surface area contributed by atoms with Crippen LogP contribution in [0.4, 0.5) is 0 Å². The van der Waals surface area contributed by atoms with E-state index in [2.05, 4.69) is 29.5 Å². The van der Waals surface area contributed by atoms with Crippen LogP contribution in [0.2, 0.25) is 0 Å². The van der Waals surface area contributed by atoms with Gasteiger partial charge < -0.3 is 5.32 Å². The average molecular weight is 212 g/mol. The van der Waals surface area contributed by atoms with E-state index in [1.54, 1.807) is 11.3 Å². The summed E-state index contributed by atoms with van der Waals surface area (Å²) in [5.74, 6) is 0. The Bertz CT molecular complexity index is 213. The van der Waals surface area contributed by atoms with E-state index >= 15 is 0 Å². The molecular weight excluding hydrogens is 192 g/mol. The fourth-order valence-corrected chi connectivity index (χ4v) is 2.19. The van der Waals surface area contributed by atoms with Crippen molar-refractivity contribution in [3.8, 4) is 0 Å². The zero-order valence-corrected chi connectivity index (χ0v) is 9.94. The molecule has 1 aromatic rings. The molecule has 0 radical (unpaired) electrons. The molecule has 2 nitrogen and oxygen atoms in total. The minimum absolute atomic E-state index is 0.481. The monoisotopic (exact) mass is 212 g/mol. The third kappa shape index (κ3) is 3.76. The lowest BCUT2D eigenvalue weighted by molar-refractivity contribution is 0.479. The summed E-state index contributed by atoms with van der Waals surface area (Å²) >= 11 is 1.76. The molecule has 3 heteroatoms. The zero-order chi connectivity index (χ0) is 10.2. The largest absolute Gasteiger partial charge is 0.308 e. The maximum atomic E-state index is 4.38. The Kier molecular flexibility index (Phi) is 5.80. The lowest BCUT2D eigenvalue weighted by Crippen LogP contribution is -2.21. The third-order valence-electron chi connectivity index (χ3n) is 2.24. The van der Waals surface area contributed by atoms with E-state index < -0.39 is 0 Å². The number of unbranched alkanes of at least 4 members (excludes halogenated alkanes) is 1. The molecule has 0 aliphatic rings. The Balaban J connectivity index is 2.44. The minimum atomic E-state index is 0.481. The number of rotatable bonds is 7. The SMILES string of the molecule is CCCCC(NCCC)c1nccs1. The number of hydrogen-bond acceptors (Lipinski definition) is 3. The first-order chi connectivity index (χ1) is 6.88. The molecule has 0 spiro atoms. The van der Waals surface area contributed by atoms with Crippen LogP contribution in [0.15, 0.2) is 11.6 Å². The van der Waals surface area contributed by atoms with E-state index in [4.69, 9.17) is 0 Å². The van der Waals surface area contributed by atoms with Gasteiger partial charge in [-0.25, -0.2) is 4.98 Å². The van der Waals surface area contributed by atoms with Crippen LogP contribution in [0.5, 0.6) is 0 Å². The summed E-state index contributed by atoms with van der Waals surface area (Å²) in [6.07, 6.45) is 6.83. The molecular formula is C11H20N2S. The van der Waals surface area contributed by atoms with Crippen LogP contribution >= 0.6 is 11.3 Å². The molecule has 0 saturated carbocycles. The highest BCUT2D eigenvalue weighted by Crippen LogP contribution is 2.21. The van der Waals surface area contributed by atoms with Crippen molar-refractivity contribution in [1.29, 1.82) is 0 Å². The van der Waals surface area contributed by atoms with Crippen molar-refractivity contribution in [2.45, 2.75) is 45.6 Å². The molecule has 14 heavy (non-hydrogen) atoms. The molecule has 0 aromatic carbocycles. The van der Waals surface area contributed by atoms with Crippen LogP contribution in [0.25, 0.3) is 0 Å². The van der Waals surface area contributed by atoms with E-state index in [9.17, 15) is 0 Å².